The van der Waals surface area contributed by atoms with E-state index in [-0.39, 0.29) is 5.82 Å². The van der Waals surface area contributed by atoms with Gasteiger partial charge in [-0.15, -0.1) is 0 Å². The average Bonchev–Trinajstić information content (AvgIpc) is 2.41. The van der Waals surface area contributed by atoms with Crippen LogP contribution >= 0.6 is 50.7 Å². The Morgan fingerprint density at radius 2 is 1.81 bits per heavy atom. The van der Waals surface area contributed by atoms with Gasteiger partial charge in [0.2, 0.25) is 0 Å². The van der Waals surface area contributed by atoms with E-state index < -0.39 is 6.04 Å². The van der Waals surface area contributed by atoms with Crippen LogP contribution in [0.15, 0.2) is 34.8 Å². The van der Waals surface area contributed by atoms with Gasteiger partial charge >= 0.3 is 0 Å². The molecular weight excluding hydrogens is 399 g/mol. The highest BCUT2D eigenvalue weighted by atomic mass is 79.9. The molecule has 1 nitrogen and oxygen atoms in total. The molecule has 0 aromatic heterocycles. The van der Waals surface area contributed by atoms with Crippen LogP contribution in [0, 0.1) is 5.82 Å². The Morgan fingerprint density at radius 1 is 1.10 bits per heavy atom. The molecule has 0 saturated carbocycles. The largest absolute Gasteiger partial charge is 0.306 e. The summed E-state index contributed by atoms with van der Waals surface area (Å²) >= 11 is 21.5. The number of nitrogens with one attached hydrogen (secondary N) is 1. The molecule has 0 spiro atoms. The van der Waals surface area contributed by atoms with Crippen molar-refractivity contribution in [2.75, 3.05) is 6.54 Å². The van der Waals surface area contributed by atoms with Gasteiger partial charge in [0.1, 0.15) is 5.82 Å². The van der Waals surface area contributed by atoms with Crippen LogP contribution in [-0.4, -0.2) is 6.54 Å². The molecule has 21 heavy (non-hydrogen) atoms. The maximum Gasteiger partial charge on any atom is 0.129 e. The molecule has 112 valence electrons. The zero-order chi connectivity index (χ0) is 15.6. The maximum absolute atomic E-state index is 14.3. The fourth-order valence-corrected chi connectivity index (χ4v) is 3.09. The van der Waals surface area contributed by atoms with Gasteiger partial charge in [-0.3, -0.25) is 0 Å². The van der Waals surface area contributed by atoms with Gasteiger partial charge in [-0.1, -0.05) is 47.8 Å². The van der Waals surface area contributed by atoms with Crippen LogP contribution in [0.1, 0.15) is 24.1 Å². The van der Waals surface area contributed by atoms with Crippen LogP contribution in [0.2, 0.25) is 15.1 Å². The molecule has 0 amide bonds. The first-order valence-corrected chi connectivity index (χ1v) is 8.19. The van der Waals surface area contributed by atoms with Crippen molar-refractivity contribution in [2.24, 2.45) is 0 Å². The Kier molecular flexibility index (Phi) is 5.92. The third-order valence-electron chi connectivity index (χ3n) is 3.03. The summed E-state index contributed by atoms with van der Waals surface area (Å²) in [4.78, 5) is 0. The first kappa shape index (κ1) is 17.0. The second-order valence-electron chi connectivity index (χ2n) is 4.44. The van der Waals surface area contributed by atoms with Gasteiger partial charge in [-0.25, -0.2) is 4.39 Å². The molecule has 1 unspecified atom stereocenters. The molecule has 0 bridgehead atoms. The zero-order valence-corrected chi connectivity index (χ0v) is 14.9. The fourth-order valence-electron chi connectivity index (χ4n) is 2.09. The molecule has 1 atom stereocenters. The summed E-state index contributed by atoms with van der Waals surface area (Å²) in [5.74, 6) is -0.358. The maximum atomic E-state index is 14.3. The van der Waals surface area contributed by atoms with E-state index in [1.165, 1.54) is 6.07 Å². The van der Waals surface area contributed by atoms with E-state index in [4.69, 9.17) is 34.8 Å². The second-order valence-corrected chi connectivity index (χ2v) is 6.55. The number of benzene rings is 2. The fraction of sp³-hybridized carbons (Fsp3) is 0.200. The van der Waals surface area contributed by atoms with Crippen LogP contribution in [0.5, 0.6) is 0 Å². The summed E-state index contributed by atoms with van der Waals surface area (Å²) in [6, 6.07) is 7.70. The lowest BCUT2D eigenvalue weighted by Gasteiger charge is -2.21. The van der Waals surface area contributed by atoms with Gasteiger partial charge in [-0.05, 0) is 52.3 Å². The van der Waals surface area contributed by atoms with Gasteiger partial charge in [0, 0.05) is 20.1 Å². The zero-order valence-electron chi connectivity index (χ0n) is 11.1. The highest BCUT2D eigenvalue weighted by molar-refractivity contribution is 9.10. The van der Waals surface area contributed by atoms with E-state index in [2.05, 4.69) is 21.2 Å². The quantitative estimate of drug-likeness (QED) is 0.587. The van der Waals surface area contributed by atoms with Gasteiger partial charge in [0.05, 0.1) is 11.1 Å². The van der Waals surface area contributed by atoms with Crippen LogP contribution in [0.3, 0.4) is 0 Å². The predicted octanol–water partition coefficient (Wildman–Crippen LogP) is 6.25. The molecule has 0 aliphatic rings. The minimum atomic E-state index is -0.398. The smallest absolute Gasteiger partial charge is 0.129 e. The molecule has 0 aliphatic heterocycles. The standard InChI is InChI=1S/C15H12BrCl3FN/c1-2-21-15(9-4-3-8(17)5-12(9)18)10-6-13(19)11(16)7-14(10)20/h3-7,15,21H,2H2,1H3. The van der Waals surface area contributed by atoms with E-state index in [0.717, 1.165) is 5.56 Å². The van der Waals surface area contributed by atoms with Crippen molar-refractivity contribution in [1.29, 1.82) is 0 Å². The summed E-state index contributed by atoms with van der Waals surface area (Å²) in [6.07, 6.45) is 0. The normalized spacial score (nSPS) is 12.5. The molecule has 1 N–H and O–H groups in total. The minimum absolute atomic E-state index is 0.358. The lowest BCUT2D eigenvalue weighted by Crippen LogP contribution is -2.23. The van der Waals surface area contributed by atoms with Crippen molar-refractivity contribution in [3.8, 4) is 0 Å². The highest BCUT2D eigenvalue weighted by Crippen LogP contribution is 2.35. The topological polar surface area (TPSA) is 12.0 Å². The Bertz CT molecular complexity index is 664. The van der Waals surface area contributed by atoms with Crippen molar-refractivity contribution >= 4 is 50.7 Å². The van der Waals surface area contributed by atoms with E-state index in [0.29, 0.717) is 31.6 Å². The molecule has 0 heterocycles. The minimum Gasteiger partial charge on any atom is -0.306 e. The number of halogens is 5. The predicted molar refractivity (Wildman–Crippen MR) is 91.1 cm³/mol. The number of hydrogen-bond donors (Lipinski definition) is 1. The lowest BCUT2D eigenvalue weighted by atomic mass is 9.98. The van der Waals surface area contributed by atoms with Crippen molar-refractivity contribution < 1.29 is 4.39 Å². The summed E-state index contributed by atoms with van der Waals surface area (Å²) in [6.45, 7) is 2.59. The third-order valence-corrected chi connectivity index (χ3v) is 4.79. The Morgan fingerprint density at radius 3 is 2.43 bits per heavy atom. The molecule has 0 radical (unpaired) electrons. The monoisotopic (exact) mass is 409 g/mol. The van der Waals surface area contributed by atoms with Crippen molar-refractivity contribution in [1.82, 2.24) is 5.32 Å². The third kappa shape index (κ3) is 3.91. The van der Waals surface area contributed by atoms with Crippen molar-refractivity contribution in [3.63, 3.8) is 0 Å². The Labute approximate surface area is 146 Å². The molecule has 0 aliphatic carbocycles. The molecule has 0 saturated heterocycles. The average molecular weight is 412 g/mol. The summed E-state index contributed by atoms with van der Waals surface area (Å²) in [5.41, 5.74) is 1.19. The number of hydrogen-bond acceptors (Lipinski definition) is 1. The highest BCUT2D eigenvalue weighted by Gasteiger charge is 2.21. The molecule has 6 heteroatoms. The van der Waals surface area contributed by atoms with Crippen LogP contribution in [0.4, 0.5) is 4.39 Å². The van der Waals surface area contributed by atoms with Crippen LogP contribution in [0.25, 0.3) is 0 Å². The van der Waals surface area contributed by atoms with E-state index >= 15 is 0 Å². The van der Waals surface area contributed by atoms with Crippen LogP contribution < -0.4 is 5.32 Å². The van der Waals surface area contributed by atoms with Gasteiger partial charge in [-0.2, -0.15) is 0 Å². The molecule has 0 fully saturated rings. The van der Waals surface area contributed by atoms with Crippen LogP contribution in [-0.2, 0) is 0 Å². The second kappa shape index (κ2) is 7.30. The first-order valence-electron chi connectivity index (χ1n) is 6.26. The Balaban J connectivity index is 2.55. The molecule has 2 rings (SSSR count). The van der Waals surface area contributed by atoms with E-state index in [1.54, 1.807) is 24.3 Å². The molecule has 2 aromatic rings. The van der Waals surface area contributed by atoms with E-state index in [1.807, 2.05) is 6.92 Å². The van der Waals surface area contributed by atoms with Crippen molar-refractivity contribution in [3.05, 3.63) is 66.8 Å². The lowest BCUT2D eigenvalue weighted by molar-refractivity contribution is 0.558. The SMILES string of the molecule is CCNC(c1cc(Cl)c(Br)cc1F)c1ccc(Cl)cc1Cl. The molecule has 2 aromatic carbocycles. The van der Waals surface area contributed by atoms with Gasteiger partial charge in [0.15, 0.2) is 0 Å². The van der Waals surface area contributed by atoms with Crippen molar-refractivity contribution in [2.45, 2.75) is 13.0 Å². The number of rotatable bonds is 4. The molecular formula is C15H12BrCl3FN. The summed E-state index contributed by atoms with van der Waals surface area (Å²) in [7, 11) is 0. The summed E-state index contributed by atoms with van der Waals surface area (Å²) < 4.78 is 14.8. The van der Waals surface area contributed by atoms with Gasteiger partial charge < -0.3 is 5.32 Å². The first-order chi connectivity index (χ1) is 9.93. The Hall–Kier alpha value is -0.320. The summed E-state index contributed by atoms with van der Waals surface area (Å²) in [5, 5.41) is 4.68. The van der Waals surface area contributed by atoms with E-state index in [9.17, 15) is 4.39 Å². The van der Waals surface area contributed by atoms with Gasteiger partial charge in [0.25, 0.3) is 0 Å².